The van der Waals surface area contributed by atoms with E-state index in [2.05, 4.69) is 25.4 Å². The van der Waals surface area contributed by atoms with E-state index in [9.17, 15) is 4.79 Å². The summed E-state index contributed by atoms with van der Waals surface area (Å²) in [6.45, 7) is 0.618. The molecule has 0 spiro atoms. The quantitative estimate of drug-likeness (QED) is 0.599. The SMILES string of the molecule is Cn1nc(-c2cc(NCc3cccnc3)nc3[nH]ccc23)ccc1=O. The fourth-order valence-corrected chi connectivity index (χ4v) is 2.68. The summed E-state index contributed by atoms with van der Waals surface area (Å²) in [7, 11) is 1.64. The lowest BCUT2D eigenvalue weighted by Crippen LogP contribution is -2.18. The number of aromatic amines is 1. The van der Waals surface area contributed by atoms with Crippen LogP contribution in [0.4, 0.5) is 5.82 Å². The van der Waals surface area contributed by atoms with E-state index in [0.29, 0.717) is 6.54 Å². The van der Waals surface area contributed by atoms with Crippen molar-refractivity contribution in [2.24, 2.45) is 7.05 Å². The van der Waals surface area contributed by atoms with Crippen LogP contribution >= 0.6 is 0 Å². The van der Waals surface area contributed by atoms with Gasteiger partial charge in [0.25, 0.3) is 5.56 Å². The highest BCUT2D eigenvalue weighted by atomic mass is 16.1. The topological polar surface area (TPSA) is 88.5 Å². The largest absolute Gasteiger partial charge is 0.366 e. The summed E-state index contributed by atoms with van der Waals surface area (Å²) >= 11 is 0. The van der Waals surface area contributed by atoms with Crippen LogP contribution in [0.5, 0.6) is 0 Å². The molecule has 0 atom stereocenters. The maximum Gasteiger partial charge on any atom is 0.266 e. The third-order valence-electron chi connectivity index (χ3n) is 3.96. The van der Waals surface area contributed by atoms with Crippen molar-refractivity contribution in [3.05, 3.63) is 70.9 Å². The molecule has 0 fully saturated rings. The van der Waals surface area contributed by atoms with Crippen LogP contribution in [0.1, 0.15) is 5.56 Å². The Kier molecular flexibility index (Phi) is 3.74. The number of nitrogens with zero attached hydrogens (tertiary/aromatic N) is 4. The lowest BCUT2D eigenvalue weighted by molar-refractivity contribution is 0.712. The van der Waals surface area contributed by atoms with E-state index in [1.807, 2.05) is 36.7 Å². The molecule has 124 valence electrons. The van der Waals surface area contributed by atoms with Gasteiger partial charge in [-0.3, -0.25) is 9.78 Å². The maximum absolute atomic E-state index is 11.6. The molecule has 0 saturated carbocycles. The second-order valence-corrected chi connectivity index (χ2v) is 5.69. The molecule has 7 nitrogen and oxygen atoms in total. The van der Waals surface area contributed by atoms with Crippen LogP contribution in [0, 0.1) is 0 Å². The maximum atomic E-state index is 11.6. The molecule has 2 N–H and O–H groups in total. The molecule has 4 heterocycles. The normalized spacial score (nSPS) is 10.9. The summed E-state index contributed by atoms with van der Waals surface area (Å²) in [4.78, 5) is 23.4. The third-order valence-corrected chi connectivity index (χ3v) is 3.96. The summed E-state index contributed by atoms with van der Waals surface area (Å²) in [5.74, 6) is 0.726. The van der Waals surface area contributed by atoms with Crippen molar-refractivity contribution < 1.29 is 0 Å². The fraction of sp³-hybridized carbons (Fsp3) is 0.111. The number of aromatic nitrogens is 5. The molecule has 0 amide bonds. The van der Waals surface area contributed by atoms with Gasteiger partial charge in [-0.15, -0.1) is 0 Å². The van der Waals surface area contributed by atoms with Crippen molar-refractivity contribution in [2.45, 2.75) is 6.54 Å². The van der Waals surface area contributed by atoms with Crippen LogP contribution in [-0.4, -0.2) is 24.7 Å². The highest BCUT2D eigenvalue weighted by molar-refractivity contribution is 5.93. The van der Waals surface area contributed by atoms with Crippen molar-refractivity contribution in [3.8, 4) is 11.3 Å². The van der Waals surface area contributed by atoms with Gasteiger partial charge in [-0.05, 0) is 29.8 Å². The van der Waals surface area contributed by atoms with E-state index >= 15 is 0 Å². The number of hydrogen-bond donors (Lipinski definition) is 2. The van der Waals surface area contributed by atoms with Gasteiger partial charge in [-0.1, -0.05) is 6.07 Å². The molecule has 0 aliphatic heterocycles. The zero-order valence-corrected chi connectivity index (χ0v) is 13.6. The van der Waals surface area contributed by atoms with Crippen molar-refractivity contribution >= 4 is 16.9 Å². The number of fused-ring (bicyclic) bond motifs is 1. The zero-order valence-electron chi connectivity index (χ0n) is 13.6. The molecular formula is C18H16N6O. The summed E-state index contributed by atoms with van der Waals surface area (Å²) in [5, 5.41) is 8.62. The van der Waals surface area contributed by atoms with Crippen molar-refractivity contribution in [2.75, 3.05) is 5.32 Å². The van der Waals surface area contributed by atoms with E-state index in [1.54, 1.807) is 19.3 Å². The Hall–Kier alpha value is -3.48. The first kappa shape index (κ1) is 15.1. The van der Waals surface area contributed by atoms with Crippen LogP contribution in [0.15, 0.2) is 59.8 Å². The minimum atomic E-state index is -0.141. The molecule has 0 aliphatic carbocycles. The van der Waals surface area contributed by atoms with E-state index in [1.165, 1.54) is 10.7 Å². The molecule has 0 unspecified atom stereocenters. The predicted octanol–water partition coefficient (Wildman–Crippen LogP) is 2.33. The van der Waals surface area contributed by atoms with Crippen LogP contribution in [0.2, 0.25) is 0 Å². The van der Waals surface area contributed by atoms with Gasteiger partial charge < -0.3 is 10.3 Å². The molecule has 0 aliphatic rings. The summed E-state index contributed by atoms with van der Waals surface area (Å²) in [5.41, 5.74) is 3.33. The van der Waals surface area contributed by atoms with E-state index in [-0.39, 0.29) is 5.56 Å². The Balaban J connectivity index is 1.74. The summed E-state index contributed by atoms with van der Waals surface area (Å²) in [6.07, 6.45) is 5.40. The van der Waals surface area contributed by atoms with E-state index in [0.717, 1.165) is 33.7 Å². The number of nitrogens with one attached hydrogen (secondary N) is 2. The minimum Gasteiger partial charge on any atom is -0.366 e. The van der Waals surface area contributed by atoms with Gasteiger partial charge >= 0.3 is 0 Å². The average Bonchev–Trinajstić information content (AvgIpc) is 3.11. The van der Waals surface area contributed by atoms with Gasteiger partial charge in [0.1, 0.15) is 11.5 Å². The molecule has 25 heavy (non-hydrogen) atoms. The lowest BCUT2D eigenvalue weighted by atomic mass is 10.1. The molecule has 0 radical (unpaired) electrons. The molecule has 7 heteroatoms. The number of anilines is 1. The first-order valence-electron chi connectivity index (χ1n) is 7.86. The molecule has 0 saturated heterocycles. The Morgan fingerprint density at radius 1 is 1.24 bits per heavy atom. The fourth-order valence-electron chi connectivity index (χ4n) is 2.68. The average molecular weight is 332 g/mol. The molecule has 0 bridgehead atoms. The zero-order chi connectivity index (χ0) is 17.2. The number of rotatable bonds is 4. The van der Waals surface area contributed by atoms with Crippen molar-refractivity contribution in [1.82, 2.24) is 24.7 Å². The Morgan fingerprint density at radius 2 is 2.16 bits per heavy atom. The van der Waals surface area contributed by atoms with Gasteiger partial charge in [-0.2, -0.15) is 5.10 Å². The highest BCUT2D eigenvalue weighted by Crippen LogP contribution is 2.28. The molecular weight excluding hydrogens is 316 g/mol. The van der Waals surface area contributed by atoms with Gasteiger partial charge in [0.2, 0.25) is 0 Å². The Bertz CT molecular complexity index is 1080. The first-order chi connectivity index (χ1) is 12.2. The Labute approximate surface area is 143 Å². The van der Waals surface area contributed by atoms with Crippen LogP contribution in [-0.2, 0) is 13.6 Å². The summed E-state index contributed by atoms with van der Waals surface area (Å²) < 4.78 is 1.33. The van der Waals surface area contributed by atoms with Gasteiger partial charge in [0.15, 0.2) is 0 Å². The second kappa shape index (κ2) is 6.20. The lowest BCUT2D eigenvalue weighted by Gasteiger charge is -2.09. The minimum absolute atomic E-state index is 0.141. The van der Waals surface area contributed by atoms with Gasteiger partial charge in [-0.25, -0.2) is 9.67 Å². The van der Waals surface area contributed by atoms with Crippen LogP contribution < -0.4 is 10.9 Å². The van der Waals surface area contributed by atoms with E-state index < -0.39 is 0 Å². The monoisotopic (exact) mass is 332 g/mol. The highest BCUT2D eigenvalue weighted by Gasteiger charge is 2.11. The Morgan fingerprint density at radius 3 is 2.96 bits per heavy atom. The standard InChI is InChI=1S/C18H16N6O/c1-24-17(25)5-4-15(23-24)14-9-16(22-18-13(14)6-8-20-18)21-11-12-3-2-7-19-10-12/h2-10H,11H2,1H3,(H2,20,21,22). The van der Waals surface area contributed by atoms with E-state index in [4.69, 9.17) is 0 Å². The molecule has 4 aromatic heterocycles. The number of aryl methyl sites for hydroxylation is 1. The predicted molar refractivity (Wildman–Crippen MR) is 96.1 cm³/mol. The summed E-state index contributed by atoms with van der Waals surface area (Å²) in [6, 6.07) is 11.1. The molecule has 0 aromatic carbocycles. The molecule has 4 rings (SSSR count). The van der Waals surface area contributed by atoms with Gasteiger partial charge in [0.05, 0.1) is 5.69 Å². The molecule has 4 aromatic rings. The second-order valence-electron chi connectivity index (χ2n) is 5.69. The van der Waals surface area contributed by atoms with Crippen LogP contribution in [0.25, 0.3) is 22.3 Å². The van der Waals surface area contributed by atoms with Crippen LogP contribution in [0.3, 0.4) is 0 Å². The number of hydrogen-bond acceptors (Lipinski definition) is 5. The van der Waals surface area contributed by atoms with Crippen molar-refractivity contribution in [1.29, 1.82) is 0 Å². The van der Waals surface area contributed by atoms with Crippen molar-refractivity contribution in [3.63, 3.8) is 0 Å². The first-order valence-corrected chi connectivity index (χ1v) is 7.86. The third kappa shape index (κ3) is 2.99. The smallest absolute Gasteiger partial charge is 0.266 e. The van der Waals surface area contributed by atoms with Gasteiger partial charge in [0, 0.05) is 49.2 Å². The number of H-pyrrole nitrogens is 1. The number of pyridine rings is 2.